The standard InChI is InChI=1S/C25H20F3N3O2/c1-2-20(21-7-3-4-13-29-21)31-24(32)17-14-16-6-5-8-22(23(16)30-15-17)33-19-11-9-18(10-12-19)25(26,27)28/h3-15,20H,2H2,1H3,(H,31,32)/t20-/m1/s1. The summed E-state index contributed by atoms with van der Waals surface area (Å²) in [7, 11) is 0. The Hall–Kier alpha value is -3.94. The molecule has 0 saturated carbocycles. The van der Waals surface area contributed by atoms with E-state index in [1.807, 2.05) is 25.1 Å². The molecule has 0 aliphatic heterocycles. The van der Waals surface area contributed by atoms with Gasteiger partial charge in [0.25, 0.3) is 5.91 Å². The zero-order valence-electron chi connectivity index (χ0n) is 17.6. The fourth-order valence-electron chi connectivity index (χ4n) is 3.39. The van der Waals surface area contributed by atoms with Gasteiger partial charge in [-0.05, 0) is 55.0 Å². The Balaban J connectivity index is 1.55. The summed E-state index contributed by atoms with van der Waals surface area (Å²) in [4.78, 5) is 21.5. The highest BCUT2D eigenvalue weighted by molar-refractivity contribution is 5.98. The monoisotopic (exact) mass is 451 g/mol. The number of aromatic nitrogens is 2. The molecule has 2 aromatic carbocycles. The first kappa shape index (κ1) is 22.3. The lowest BCUT2D eigenvalue weighted by Gasteiger charge is -2.16. The van der Waals surface area contributed by atoms with Gasteiger partial charge in [0.2, 0.25) is 0 Å². The molecule has 1 N–H and O–H groups in total. The van der Waals surface area contributed by atoms with Gasteiger partial charge in [0.05, 0.1) is 22.9 Å². The van der Waals surface area contributed by atoms with Crippen molar-refractivity contribution < 1.29 is 22.7 Å². The minimum Gasteiger partial charge on any atom is -0.455 e. The summed E-state index contributed by atoms with van der Waals surface area (Å²) in [6, 6.07) is 16.6. The summed E-state index contributed by atoms with van der Waals surface area (Å²) in [6.07, 6.45) is -0.610. The summed E-state index contributed by atoms with van der Waals surface area (Å²) in [5, 5.41) is 3.64. The quantitative estimate of drug-likeness (QED) is 0.373. The molecular formula is C25H20F3N3O2. The Morgan fingerprint density at radius 1 is 1.03 bits per heavy atom. The molecule has 33 heavy (non-hydrogen) atoms. The molecule has 0 radical (unpaired) electrons. The molecule has 4 aromatic rings. The van der Waals surface area contributed by atoms with Gasteiger partial charge in [-0.1, -0.05) is 25.1 Å². The Labute approximate surface area is 188 Å². The van der Waals surface area contributed by atoms with Crippen LogP contribution in [0.5, 0.6) is 11.5 Å². The van der Waals surface area contributed by atoms with Crippen LogP contribution in [0.2, 0.25) is 0 Å². The number of amides is 1. The van der Waals surface area contributed by atoms with E-state index in [1.165, 1.54) is 18.3 Å². The summed E-state index contributed by atoms with van der Waals surface area (Å²) >= 11 is 0. The Morgan fingerprint density at radius 2 is 1.82 bits per heavy atom. The van der Waals surface area contributed by atoms with Crippen molar-refractivity contribution in [3.63, 3.8) is 0 Å². The van der Waals surface area contributed by atoms with Gasteiger partial charge in [0.1, 0.15) is 11.3 Å². The molecule has 0 fully saturated rings. The maximum absolute atomic E-state index is 12.8. The second-order valence-corrected chi connectivity index (χ2v) is 7.36. The number of pyridine rings is 2. The Kier molecular flexibility index (Phi) is 6.26. The molecule has 0 bridgehead atoms. The van der Waals surface area contributed by atoms with Crippen LogP contribution in [0.1, 0.15) is 41.0 Å². The third kappa shape index (κ3) is 5.11. The van der Waals surface area contributed by atoms with Crippen LogP contribution in [0.25, 0.3) is 10.9 Å². The SMILES string of the molecule is CC[C@@H](NC(=O)c1cnc2c(Oc3ccc(C(F)(F)F)cc3)cccc2c1)c1ccccn1. The zero-order chi connectivity index (χ0) is 23.4. The van der Waals surface area contributed by atoms with Gasteiger partial charge in [0, 0.05) is 17.8 Å². The number of hydrogen-bond acceptors (Lipinski definition) is 4. The molecule has 0 spiro atoms. The molecule has 4 rings (SSSR count). The lowest BCUT2D eigenvalue weighted by Crippen LogP contribution is -2.28. The number of alkyl halides is 3. The van der Waals surface area contributed by atoms with Crippen LogP contribution in [0.15, 0.2) is 79.1 Å². The number of rotatable bonds is 6. The Morgan fingerprint density at radius 3 is 2.48 bits per heavy atom. The zero-order valence-corrected chi connectivity index (χ0v) is 17.6. The third-order valence-corrected chi connectivity index (χ3v) is 5.10. The highest BCUT2D eigenvalue weighted by Gasteiger charge is 2.30. The lowest BCUT2D eigenvalue weighted by atomic mass is 10.1. The van der Waals surface area contributed by atoms with E-state index in [2.05, 4.69) is 15.3 Å². The Bertz CT molecular complexity index is 1260. The van der Waals surface area contributed by atoms with Crippen molar-refractivity contribution in [2.45, 2.75) is 25.6 Å². The molecule has 8 heteroatoms. The van der Waals surface area contributed by atoms with Crippen LogP contribution in [0, 0.1) is 0 Å². The second-order valence-electron chi connectivity index (χ2n) is 7.36. The summed E-state index contributed by atoms with van der Waals surface area (Å²) in [5.41, 5.74) is 0.890. The van der Waals surface area contributed by atoms with Gasteiger partial charge in [-0.2, -0.15) is 13.2 Å². The van der Waals surface area contributed by atoms with Crippen molar-refractivity contribution in [1.29, 1.82) is 0 Å². The fraction of sp³-hybridized carbons (Fsp3) is 0.160. The van der Waals surface area contributed by atoms with E-state index in [1.54, 1.807) is 30.5 Å². The van der Waals surface area contributed by atoms with Crippen LogP contribution in [0.3, 0.4) is 0 Å². The number of ether oxygens (including phenoxy) is 1. The van der Waals surface area contributed by atoms with E-state index >= 15 is 0 Å². The summed E-state index contributed by atoms with van der Waals surface area (Å²) < 4.78 is 44.1. The topological polar surface area (TPSA) is 64.1 Å². The van der Waals surface area contributed by atoms with Crippen LogP contribution < -0.4 is 10.1 Å². The lowest BCUT2D eigenvalue weighted by molar-refractivity contribution is -0.137. The van der Waals surface area contributed by atoms with Crippen molar-refractivity contribution in [2.24, 2.45) is 0 Å². The predicted octanol–water partition coefficient (Wildman–Crippen LogP) is 6.32. The largest absolute Gasteiger partial charge is 0.455 e. The summed E-state index contributed by atoms with van der Waals surface area (Å²) in [6.45, 7) is 1.96. The molecule has 2 aromatic heterocycles. The number of fused-ring (bicyclic) bond motifs is 1. The van der Waals surface area contributed by atoms with E-state index in [-0.39, 0.29) is 17.7 Å². The number of halogens is 3. The fourth-order valence-corrected chi connectivity index (χ4v) is 3.39. The maximum atomic E-state index is 12.8. The number of nitrogens with one attached hydrogen (secondary N) is 1. The van der Waals surface area contributed by atoms with E-state index < -0.39 is 11.7 Å². The molecule has 0 saturated heterocycles. The molecule has 1 amide bonds. The van der Waals surface area contributed by atoms with Crippen molar-refractivity contribution in [3.8, 4) is 11.5 Å². The number of nitrogens with zero attached hydrogens (tertiary/aromatic N) is 2. The van der Waals surface area contributed by atoms with Crippen molar-refractivity contribution in [3.05, 3.63) is 95.9 Å². The second kappa shape index (κ2) is 9.28. The average molecular weight is 451 g/mol. The molecule has 168 valence electrons. The van der Waals surface area contributed by atoms with Crippen molar-refractivity contribution in [1.82, 2.24) is 15.3 Å². The number of carbonyl (C=O) groups excluding carboxylic acids is 1. The molecule has 0 aliphatic carbocycles. The number of benzene rings is 2. The smallest absolute Gasteiger partial charge is 0.416 e. The first-order valence-corrected chi connectivity index (χ1v) is 10.3. The maximum Gasteiger partial charge on any atom is 0.416 e. The normalized spacial score (nSPS) is 12.4. The molecule has 1 atom stereocenters. The van der Waals surface area contributed by atoms with Crippen LogP contribution in [-0.4, -0.2) is 15.9 Å². The minimum absolute atomic E-state index is 0.233. The predicted molar refractivity (Wildman–Crippen MR) is 118 cm³/mol. The van der Waals surface area contributed by atoms with Crippen LogP contribution >= 0.6 is 0 Å². The number of para-hydroxylation sites is 1. The number of carbonyl (C=O) groups is 1. The van der Waals surface area contributed by atoms with Gasteiger partial charge >= 0.3 is 6.18 Å². The van der Waals surface area contributed by atoms with E-state index in [0.717, 1.165) is 17.8 Å². The van der Waals surface area contributed by atoms with Gasteiger partial charge < -0.3 is 10.1 Å². The van der Waals surface area contributed by atoms with Crippen LogP contribution in [0.4, 0.5) is 13.2 Å². The third-order valence-electron chi connectivity index (χ3n) is 5.10. The van der Waals surface area contributed by atoms with Gasteiger partial charge in [-0.15, -0.1) is 0 Å². The first-order chi connectivity index (χ1) is 15.8. The number of hydrogen-bond donors (Lipinski definition) is 1. The first-order valence-electron chi connectivity index (χ1n) is 10.3. The average Bonchev–Trinajstić information content (AvgIpc) is 2.82. The molecule has 5 nitrogen and oxygen atoms in total. The summed E-state index contributed by atoms with van der Waals surface area (Å²) in [5.74, 6) is 0.343. The van der Waals surface area contributed by atoms with Crippen molar-refractivity contribution in [2.75, 3.05) is 0 Å². The van der Waals surface area contributed by atoms with E-state index in [0.29, 0.717) is 28.6 Å². The van der Waals surface area contributed by atoms with Crippen molar-refractivity contribution >= 4 is 16.8 Å². The highest BCUT2D eigenvalue weighted by atomic mass is 19.4. The van der Waals surface area contributed by atoms with E-state index in [4.69, 9.17) is 4.74 Å². The van der Waals surface area contributed by atoms with Gasteiger partial charge in [0.15, 0.2) is 5.75 Å². The molecule has 0 unspecified atom stereocenters. The molecule has 2 heterocycles. The minimum atomic E-state index is -4.41. The molecule has 0 aliphatic rings. The van der Waals surface area contributed by atoms with E-state index in [9.17, 15) is 18.0 Å². The molecular weight excluding hydrogens is 431 g/mol. The highest BCUT2D eigenvalue weighted by Crippen LogP contribution is 2.33. The van der Waals surface area contributed by atoms with Gasteiger partial charge in [-0.3, -0.25) is 14.8 Å². The van der Waals surface area contributed by atoms with Gasteiger partial charge in [-0.25, -0.2) is 0 Å². The van der Waals surface area contributed by atoms with Crippen LogP contribution in [-0.2, 0) is 6.18 Å².